The van der Waals surface area contributed by atoms with Crippen molar-refractivity contribution >= 4 is 32.5 Å². The molecule has 0 bridgehead atoms. The van der Waals surface area contributed by atoms with Crippen LogP contribution in [0.3, 0.4) is 0 Å². The van der Waals surface area contributed by atoms with Gasteiger partial charge in [0.25, 0.3) is 0 Å². The summed E-state index contributed by atoms with van der Waals surface area (Å²) < 4.78 is 26.1. The molecule has 1 N–H and O–H groups in total. The Morgan fingerprint density at radius 1 is 0.938 bits per heavy atom. The average Bonchev–Trinajstić information content (AvgIpc) is 2.83. The summed E-state index contributed by atoms with van der Waals surface area (Å²) >= 11 is 0. The fraction of sp³-hybridized carbons (Fsp3) is 0.333. The van der Waals surface area contributed by atoms with Gasteiger partial charge in [-0.15, -0.1) is 0 Å². The largest absolute Gasteiger partial charge is 0.465 e. The molecule has 8 heteroatoms. The number of anilines is 1. The van der Waals surface area contributed by atoms with E-state index in [1.165, 1.54) is 6.20 Å². The molecule has 5 rings (SSSR count). The Balaban J connectivity index is 1.54. The molecule has 0 spiro atoms. The lowest BCUT2D eigenvalue weighted by molar-refractivity contribution is 0.0843. The van der Waals surface area contributed by atoms with E-state index in [1.807, 2.05) is 18.2 Å². The maximum atomic E-state index is 13.0. The Kier molecular flexibility index (Phi) is 5.25. The molecule has 3 aromatic rings. The molecular weight excluding hydrogens is 426 g/mol. The van der Waals surface area contributed by atoms with Crippen molar-refractivity contribution in [2.45, 2.75) is 47.6 Å². The van der Waals surface area contributed by atoms with E-state index >= 15 is 0 Å². The van der Waals surface area contributed by atoms with Crippen LogP contribution in [0, 0.1) is 0 Å². The highest BCUT2D eigenvalue weighted by Crippen LogP contribution is 2.36. The molecule has 1 aromatic heterocycles. The summed E-state index contributed by atoms with van der Waals surface area (Å²) in [6.07, 6.45) is 4.12. The number of carbonyl (C=O) groups is 1. The van der Waals surface area contributed by atoms with E-state index in [2.05, 4.69) is 9.88 Å². The zero-order chi connectivity index (χ0) is 22.3. The second kappa shape index (κ2) is 8.09. The summed E-state index contributed by atoms with van der Waals surface area (Å²) in [7, 11) is -3.65. The number of para-hydroxylation sites is 1. The summed E-state index contributed by atoms with van der Waals surface area (Å²) in [5, 5.41) is 10.4. The van der Waals surface area contributed by atoms with Crippen LogP contribution in [0.2, 0.25) is 0 Å². The van der Waals surface area contributed by atoms with Gasteiger partial charge in [-0.1, -0.05) is 30.3 Å². The van der Waals surface area contributed by atoms with Gasteiger partial charge in [0, 0.05) is 30.7 Å². The zero-order valence-electron chi connectivity index (χ0n) is 17.6. The average molecular weight is 452 g/mol. The number of sulfone groups is 1. The second-order valence-corrected chi connectivity index (χ2v) is 10.4. The second-order valence-electron chi connectivity index (χ2n) is 8.42. The Labute approximate surface area is 187 Å². The summed E-state index contributed by atoms with van der Waals surface area (Å²) in [5.41, 5.74) is 1.68. The van der Waals surface area contributed by atoms with E-state index in [1.54, 1.807) is 41.3 Å². The molecule has 0 saturated carbocycles. The lowest BCUT2D eigenvalue weighted by Gasteiger charge is -2.49. The predicted octanol–water partition coefficient (Wildman–Crippen LogP) is 4.18. The van der Waals surface area contributed by atoms with Crippen molar-refractivity contribution in [1.82, 2.24) is 9.88 Å². The molecule has 32 heavy (non-hydrogen) atoms. The van der Waals surface area contributed by atoms with E-state index in [4.69, 9.17) is 0 Å². The lowest BCUT2D eigenvalue weighted by atomic mass is 9.87. The number of amides is 1. The van der Waals surface area contributed by atoms with Crippen molar-refractivity contribution in [2.24, 2.45) is 0 Å². The highest BCUT2D eigenvalue weighted by molar-refractivity contribution is 7.91. The van der Waals surface area contributed by atoms with Gasteiger partial charge in [0.05, 0.1) is 27.0 Å². The van der Waals surface area contributed by atoms with Crippen LogP contribution in [0.5, 0.6) is 0 Å². The number of benzene rings is 2. The van der Waals surface area contributed by atoms with E-state index in [-0.39, 0.29) is 21.9 Å². The number of fused-ring (bicyclic) bond motifs is 2. The third kappa shape index (κ3) is 3.48. The van der Waals surface area contributed by atoms with Gasteiger partial charge in [-0.05, 0) is 49.9 Å². The number of aromatic nitrogens is 1. The molecule has 2 saturated heterocycles. The van der Waals surface area contributed by atoms with Crippen LogP contribution in [-0.4, -0.2) is 54.7 Å². The minimum Gasteiger partial charge on any atom is -0.465 e. The van der Waals surface area contributed by atoms with Gasteiger partial charge in [0.2, 0.25) is 9.84 Å². The number of carboxylic acid groups (broad SMARTS) is 1. The SMILES string of the molecule is O=C(O)N1CCCC2C1CCCN2c1cccc2cc(S(=O)(=O)c3ccccc3)cnc12. The van der Waals surface area contributed by atoms with Gasteiger partial charge in [-0.2, -0.15) is 0 Å². The first-order chi connectivity index (χ1) is 15.5. The molecule has 2 fully saturated rings. The lowest BCUT2D eigenvalue weighted by Crippen LogP contribution is -2.59. The molecule has 1 amide bonds. The summed E-state index contributed by atoms with van der Waals surface area (Å²) in [5.74, 6) is 0. The van der Waals surface area contributed by atoms with Crippen molar-refractivity contribution in [3.05, 3.63) is 60.8 Å². The molecule has 2 aromatic carbocycles. The zero-order valence-corrected chi connectivity index (χ0v) is 18.4. The molecule has 0 radical (unpaired) electrons. The van der Waals surface area contributed by atoms with Crippen LogP contribution in [0.1, 0.15) is 25.7 Å². The number of hydrogen-bond donors (Lipinski definition) is 1. The maximum Gasteiger partial charge on any atom is 0.407 e. The van der Waals surface area contributed by atoms with Crippen LogP contribution in [0.4, 0.5) is 10.5 Å². The minimum atomic E-state index is -3.65. The summed E-state index contributed by atoms with van der Waals surface area (Å²) in [4.78, 5) is 20.6. The van der Waals surface area contributed by atoms with Crippen LogP contribution in [-0.2, 0) is 9.84 Å². The predicted molar refractivity (Wildman–Crippen MR) is 122 cm³/mol. The summed E-state index contributed by atoms with van der Waals surface area (Å²) in [6, 6.07) is 15.9. The molecule has 3 heterocycles. The van der Waals surface area contributed by atoms with Gasteiger partial charge in [-0.3, -0.25) is 4.98 Å². The number of pyridine rings is 1. The van der Waals surface area contributed by atoms with Crippen molar-refractivity contribution in [3.63, 3.8) is 0 Å². The monoisotopic (exact) mass is 451 g/mol. The Hall–Kier alpha value is -3.13. The number of likely N-dealkylation sites (tertiary alicyclic amines) is 1. The standard InChI is InChI=1S/C24H25N3O4S/c28-24(29)27-14-6-11-20-21(27)12-5-13-26(20)22-10-4-7-17-15-19(16-25-23(17)22)32(30,31)18-8-2-1-3-9-18/h1-4,7-10,15-16,20-21H,5-6,11-14H2,(H,28,29). The van der Waals surface area contributed by atoms with E-state index in [9.17, 15) is 18.3 Å². The van der Waals surface area contributed by atoms with Crippen molar-refractivity contribution in [3.8, 4) is 0 Å². The Morgan fingerprint density at radius 2 is 1.69 bits per heavy atom. The van der Waals surface area contributed by atoms with Gasteiger partial charge in [-0.25, -0.2) is 13.2 Å². The quantitative estimate of drug-likeness (QED) is 0.642. The van der Waals surface area contributed by atoms with Gasteiger partial charge < -0.3 is 14.9 Å². The van der Waals surface area contributed by atoms with E-state index in [0.29, 0.717) is 6.54 Å². The van der Waals surface area contributed by atoms with Gasteiger partial charge >= 0.3 is 6.09 Å². The van der Waals surface area contributed by atoms with Crippen LogP contribution < -0.4 is 4.90 Å². The van der Waals surface area contributed by atoms with Crippen LogP contribution in [0.25, 0.3) is 10.9 Å². The smallest absolute Gasteiger partial charge is 0.407 e. The van der Waals surface area contributed by atoms with Gasteiger partial charge in [0.1, 0.15) is 0 Å². The number of piperidine rings is 2. The molecule has 0 aliphatic carbocycles. The van der Waals surface area contributed by atoms with Crippen molar-refractivity contribution in [1.29, 1.82) is 0 Å². The third-order valence-corrected chi connectivity index (χ3v) is 8.36. The molecule has 2 aliphatic heterocycles. The fourth-order valence-corrected chi connectivity index (χ4v) is 6.42. The molecule has 166 valence electrons. The number of hydrogen-bond acceptors (Lipinski definition) is 5. The Morgan fingerprint density at radius 3 is 2.47 bits per heavy atom. The minimum absolute atomic E-state index is 0.0250. The molecule has 2 atom stereocenters. The van der Waals surface area contributed by atoms with Gasteiger partial charge in [0.15, 0.2) is 0 Å². The maximum absolute atomic E-state index is 13.0. The number of nitrogens with zero attached hydrogens (tertiary/aromatic N) is 3. The van der Waals surface area contributed by atoms with Crippen LogP contribution >= 0.6 is 0 Å². The van der Waals surface area contributed by atoms with Crippen LogP contribution in [0.15, 0.2) is 70.6 Å². The Bertz CT molecular complexity index is 1260. The fourth-order valence-electron chi connectivity index (χ4n) is 5.16. The van der Waals surface area contributed by atoms with Crippen molar-refractivity contribution < 1.29 is 18.3 Å². The first-order valence-corrected chi connectivity index (χ1v) is 12.4. The van der Waals surface area contributed by atoms with Crippen molar-refractivity contribution in [2.75, 3.05) is 18.0 Å². The van der Waals surface area contributed by atoms with E-state index in [0.717, 1.165) is 48.8 Å². The molecular formula is C24H25N3O4S. The number of rotatable bonds is 3. The molecule has 2 aliphatic rings. The highest BCUT2D eigenvalue weighted by Gasteiger charge is 2.40. The normalized spacial score (nSPS) is 21.4. The van der Waals surface area contributed by atoms with E-state index < -0.39 is 15.9 Å². The first kappa shape index (κ1) is 20.8. The summed E-state index contributed by atoms with van der Waals surface area (Å²) in [6.45, 7) is 1.41. The molecule has 2 unspecified atom stereocenters. The molecule has 7 nitrogen and oxygen atoms in total. The topological polar surface area (TPSA) is 90.8 Å². The highest BCUT2D eigenvalue weighted by atomic mass is 32.2. The first-order valence-electron chi connectivity index (χ1n) is 10.9. The third-order valence-electron chi connectivity index (χ3n) is 6.63.